The summed E-state index contributed by atoms with van der Waals surface area (Å²) in [6.45, 7) is 2.39. The van der Waals surface area contributed by atoms with Crippen LogP contribution in [-0.2, 0) is 19.9 Å². The number of aromatic nitrogens is 2. The van der Waals surface area contributed by atoms with Gasteiger partial charge in [0.05, 0.1) is 6.20 Å². The number of rotatable bonds is 5. The van der Waals surface area contributed by atoms with E-state index in [-0.39, 0.29) is 29.8 Å². The molecule has 0 bridgehead atoms. The lowest BCUT2D eigenvalue weighted by Gasteiger charge is -2.21. The van der Waals surface area contributed by atoms with E-state index in [9.17, 15) is 8.78 Å². The van der Waals surface area contributed by atoms with Crippen molar-refractivity contribution in [2.24, 2.45) is 18.0 Å². The van der Waals surface area contributed by atoms with Crippen LogP contribution in [0.15, 0.2) is 35.6 Å². The molecule has 1 saturated heterocycles. The van der Waals surface area contributed by atoms with Gasteiger partial charge >= 0.3 is 0 Å². The third kappa shape index (κ3) is 5.88. The third-order valence-electron chi connectivity index (χ3n) is 4.77. The van der Waals surface area contributed by atoms with Crippen molar-refractivity contribution in [1.82, 2.24) is 20.0 Å². The summed E-state index contributed by atoms with van der Waals surface area (Å²) in [6, 6.07) is 3.56. The fraction of sp³-hybridized carbons (Fsp3) is 0.474. The van der Waals surface area contributed by atoms with Gasteiger partial charge in [-0.25, -0.2) is 8.78 Å². The molecule has 1 fully saturated rings. The lowest BCUT2D eigenvalue weighted by Crippen LogP contribution is -2.41. The molecule has 0 spiro atoms. The summed E-state index contributed by atoms with van der Waals surface area (Å²) in [6.07, 6.45) is 6.51. The quantitative estimate of drug-likeness (QED) is 0.399. The van der Waals surface area contributed by atoms with Gasteiger partial charge in [0, 0.05) is 39.9 Å². The SMILES string of the molecule is CN=C(NCCc1cc(F)ccc1F)N1CCC(Cc2cnn(C)c2)C1.I. The summed E-state index contributed by atoms with van der Waals surface area (Å²) in [4.78, 5) is 6.56. The van der Waals surface area contributed by atoms with E-state index in [2.05, 4.69) is 26.5 Å². The Kier molecular flexibility index (Phi) is 8.00. The van der Waals surface area contributed by atoms with Crippen LogP contribution in [0.2, 0.25) is 0 Å². The van der Waals surface area contributed by atoms with Crippen LogP contribution >= 0.6 is 24.0 Å². The van der Waals surface area contributed by atoms with Gasteiger partial charge in [-0.15, -0.1) is 24.0 Å². The van der Waals surface area contributed by atoms with Crippen molar-refractivity contribution in [2.75, 3.05) is 26.7 Å². The van der Waals surface area contributed by atoms with Crippen molar-refractivity contribution in [2.45, 2.75) is 19.3 Å². The number of hydrogen-bond donors (Lipinski definition) is 1. The van der Waals surface area contributed by atoms with Crippen molar-refractivity contribution in [3.05, 3.63) is 53.4 Å². The maximum absolute atomic E-state index is 13.7. The second-order valence-corrected chi connectivity index (χ2v) is 6.79. The maximum Gasteiger partial charge on any atom is 0.193 e. The minimum Gasteiger partial charge on any atom is -0.356 e. The summed E-state index contributed by atoms with van der Waals surface area (Å²) in [5.74, 6) is 0.596. The highest BCUT2D eigenvalue weighted by Gasteiger charge is 2.25. The van der Waals surface area contributed by atoms with Crippen LogP contribution in [0.1, 0.15) is 17.5 Å². The second-order valence-electron chi connectivity index (χ2n) is 6.79. The molecule has 0 amide bonds. The predicted octanol–water partition coefficient (Wildman–Crippen LogP) is 3.00. The van der Waals surface area contributed by atoms with Gasteiger partial charge in [-0.1, -0.05) is 0 Å². The molecule has 0 saturated carbocycles. The van der Waals surface area contributed by atoms with E-state index in [1.165, 1.54) is 17.7 Å². The minimum atomic E-state index is -0.413. The minimum absolute atomic E-state index is 0. The average molecular weight is 489 g/mol. The highest BCUT2D eigenvalue weighted by Crippen LogP contribution is 2.20. The van der Waals surface area contributed by atoms with Gasteiger partial charge in [-0.3, -0.25) is 9.67 Å². The van der Waals surface area contributed by atoms with E-state index >= 15 is 0 Å². The van der Waals surface area contributed by atoms with Crippen LogP contribution in [0, 0.1) is 17.6 Å². The first-order valence-electron chi connectivity index (χ1n) is 8.92. The Morgan fingerprint density at radius 1 is 1.37 bits per heavy atom. The molecule has 1 unspecified atom stereocenters. The molecular weight excluding hydrogens is 463 g/mol. The number of nitrogens with zero attached hydrogens (tertiary/aromatic N) is 4. The molecule has 3 rings (SSSR count). The van der Waals surface area contributed by atoms with Gasteiger partial charge < -0.3 is 10.2 Å². The first-order valence-corrected chi connectivity index (χ1v) is 8.92. The topological polar surface area (TPSA) is 45.5 Å². The third-order valence-corrected chi connectivity index (χ3v) is 4.77. The normalized spacial score (nSPS) is 17.1. The highest BCUT2D eigenvalue weighted by molar-refractivity contribution is 14.0. The number of hydrogen-bond acceptors (Lipinski definition) is 2. The molecule has 27 heavy (non-hydrogen) atoms. The second kappa shape index (κ2) is 10.0. The first kappa shape index (κ1) is 21.6. The number of guanidine groups is 1. The van der Waals surface area contributed by atoms with Crippen molar-refractivity contribution in [3.63, 3.8) is 0 Å². The zero-order chi connectivity index (χ0) is 18.5. The molecular formula is C19H26F2IN5. The number of aliphatic imine (C=N–C) groups is 1. The lowest BCUT2D eigenvalue weighted by molar-refractivity contribution is 0.460. The predicted molar refractivity (Wildman–Crippen MR) is 113 cm³/mol. The van der Waals surface area contributed by atoms with Gasteiger partial charge in [0.2, 0.25) is 0 Å². The number of nitrogens with one attached hydrogen (secondary N) is 1. The van der Waals surface area contributed by atoms with Crippen molar-refractivity contribution >= 4 is 29.9 Å². The van der Waals surface area contributed by atoms with Crippen LogP contribution in [0.25, 0.3) is 0 Å². The fourth-order valence-electron chi connectivity index (χ4n) is 3.48. The molecule has 148 valence electrons. The molecule has 1 aromatic heterocycles. The summed E-state index contributed by atoms with van der Waals surface area (Å²) in [7, 11) is 3.68. The monoisotopic (exact) mass is 489 g/mol. The van der Waals surface area contributed by atoms with Crippen LogP contribution in [-0.4, -0.2) is 47.3 Å². The van der Waals surface area contributed by atoms with Gasteiger partial charge in [0.25, 0.3) is 0 Å². The fourth-order valence-corrected chi connectivity index (χ4v) is 3.48. The van der Waals surface area contributed by atoms with E-state index in [0.29, 0.717) is 24.4 Å². The van der Waals surface area contributed by atoms with E-state index in [0.717, 1.165) is 38.0 Å². The van der Waals surface area contributed by atoms with E-state index in [1.54, 1.807) is 7.05 Å². The van der Waals surface area contributed by atoms with Crippen LogP contribution in [0.4, 0.5) is 8.78 Å². The van der Waals surface area contributed by atoms with Crippen LogP contribution in [0.3, 0.4) is 0 Å². The summed E-state index contributed by atoms with van der Waals surface area (Å²) in [5.41, 5.74) is 1.63. The van der Waals surface area contributed by atoms with Crippen LogP contribution in [0.5, 0.6) is 0 Å². The molecule has 8 heteroatoms. The highest BCUT2D eigenvalue weighted by atomic mass is 127. The molecule has 1 aromatic carbocycles. The molecule has 5 nitrogen and oxygen atoms in total. The first-order chi connectivity index (χ1) is 12.5. The Balaban J connectivity index is 0.00000261. The zero-order valence-electron chi connectivity index (χ0n) is 15.7. The molecule has 2 aromatic rings. The Labute approximate surface area is 175 Å². The van der Waals surface area contributed by atoms with E-state index < -0.39 is 5.82 Å². The van der Waals surface area contributed by atoms with Crippen molar-refractivity contribution in [3.8, 4) is 0 Å². The average Bonchev–Trinajstić information content (AvgIpc) is 3.24. The Morgan fingerprint density at radius 3 is 2.89 bits per heavy atom. The maximum atomic E-state index is 13.7. The van der Waals surface area contributed by atoms with Gasteiger partial charge in [-0.2, -0.15) is 5.10 Å². The summed E-state index contributed by atoms with van der Waals surface area (Å²) in [5, 5.41) is 7.49. The molecule has 0 aliphatic carbocycles. The Hall–Kier alpha value is -1.71. The van der Waals surface area contributed by atoms with Gasteiger partial charge in [0.1, 0.15) is 11.6 Å². The molecule has 1 N–H and O–H groups in total. The molecule has 1 atom stereocenters. The van der Waals surface area contributed by atoms with Crippen LogP contribution < -0.4 is 5.32 Å². The number of aryl methyl sites for hydroxylation is 1. The van der Waals surface area contributed by atoms with Gasteiger partial charge in [0.15, 0.2) is 5.96 Å². The largest absolute Gasteiger partial charge is 0.356 e. The number of halogens is 3. The smallest absolute Gasteiger partial charge is 0.193 e. The van der Waals surface area contributed by atoms with Gasteiger partial charge in [-0.05, 0) is 54.5 Å². The molecule has 1 aliphatic heterocycles. The summed E-state index contributed by atoms with van der Waals surface area (Å²) < 4.78 is 28.8. The molecule has 2 heterocycles. The standard InChI is InChI=1S/C19H25F2N5.HI/c1-22-19(23-7-5-16-10-17(20)3-4-18(16)21)26-8-6-14(13-26)9-15-11-24-25(2)12-15;/h3-4,10-12,14H,5-9,13H2,1-2H3,(H,22,23);1H. The Morgan fingerprint density at radius 2 is 2.19 bits per heavy atom. The number of likely N-dealkylation sites (tertiary alicyclic amines) is 1. The molecule has 1 aliphatic rings. The zero-order valence-corrected chi connectivity index (χ0v) is 18.0. The van der Waals surface area contributed by atoms with Crippen molar-refractivity contribution in [1.29, 1.82) is 0 Å². The van der Waals surface area contributed by atoms with E-state index in [1.807, 2.05) is 17.9 Å². The Bertz CT molecular complexity index is 777. The number of benzene rings is 1. The lowest BCUT2D eigenvalue weighted by atomic mass is 10.0. The summed E-state index contributed by atoms with van der Waals surface area (Å²) >= 11 is 0. The van der Waals surface area contributed by atoms with Crippen molar-refractivity contribution < 1.29 is 8.78 Å². The molecule has 0 radical (unpaired) electrons. The van der Waals surface area contributed by atoms with E-state index in [4.69, 9.17) is 0 Å².